The molecule has 126 valence electrons. The Balaban J connectivity index is 2.59. The molecule has 0 heterocycles. The molecule has 1 amide bonds. The summed E-state index contributed by atoms with van der Waals surface area (Å²) in [7, 11) is 4.56. The number of nitrogens with one attached hydrogen (secondary N) is 1. The van der Waals surface area contributed by atoms with Gasteiger partial charge in [0.05, 0.1) is 21.3 Å². The average Bonchev–Trinajstić information content (AvgIpc) is 2.56. The zero-order valence-electron chi connectivity index (χ0n) is 13.7. The van der Waals surface area contributed by atoms with Crippen molar-refractivity contribution >= 4 is 11.6 Å². The van der Waals surface area contributed by atoms with E-state index in [0.29, 0.717) is 35.9 Å². The molecular formula is C15H22N4O4. The van der Waals surface area contributed by atoms with Crippen molar-refractivity contribution in [2.75, 3.05) is 33.2 Å². The fourth-order valence-electron chi connectivity index (χ4n) is 2.07. The second kappa shape index (κ2) is 10.2. The average molecular weight is 322 g/mol. The van der Waals surface area contributed by atoms with Crippen LogP contribution in [0.1, 0.15) is 25.7 Å². The number of methoxy groups -OCH3 is 3. The fourth-order valence-corrected chi connectivity index (χ4v) is 2.07. The smallest absolute Gasteiger partial charge is 0.224 e. The van der Waals surface area contributed by atoms with Crippen LogP contribution in [0.25, 0.3) is 10.4 Å². The minimum absolute atomic E-state index is 0.0944. The van der Waals surface area contributed by atoms with E-state index in [0.717, 1.165) is 19.3 Å². The molecule has 0 fully saturated rings. The van der Waals surface area contributed by atoms with Gasteiger partial charge in [-0.1, -0.05) is 11.5 Å². The van der Waals surface area contributed by atoms with Crippen molar-refractivity contribution in [1.29, 1.82) is 0 Å². The molecule has 0 atom stereocenters. The molecule has 0 aliphatic rings. The van der Waals surface area contributed by atoms with Crippen LogP contribution in [-0.2, 0) is 4.79 Å². The van der Waals surface area contributed by atoms with E-state index in [2.05, 4.69) is 15.3 Å². The second-order valence-electron chi connectivity index (χ2n) is 4.73. The van der Waals surface area contributed by atoms with Crippen molar-refractivity contribution in [2.45, 2.75) is 25.7 Å². The molecule has 1 aromatic carbocycles. The van der Waals surface area contributed by atoms with E-state index in [1.807, 2.05) is 0 Å². The zero-order chi connectivity index (χ0) is 17.1. The standard InChI is InChI=1S/C15H22N4O4/c1-21-12-9-11(10-13(22-2)15(12)23-3)18-14(20)7-5-4-6-8-17-19-16/h9-10H,4-8H2,1-3H3,(H,18,20). The van der Waals surface area contributed by atoms with E-state index < -0.39 is 0 Å². The summed E-state index contributed by atoms with van der Waals surface area (Å²) in [5.74, 6) is 1.35. The highest BCUT2D eigenvalue weighted by Crippen LogP contribution is 2.39. The number of benzene rings is 1. The molecule has 23 heavy (non-hydrogen) atoms. The summed E-state index contributed by atoms with van der Waals surface area (Å²) in [5, 5.41) is 6.26. The third-order valence-corrected chi connectivity index (χ3v) is 3.17. The van der Waals surface area contributed by atoms with Crippen molar-refractivity contribution in [3.63, 3.8) is 0 Å². The van der Waals surface area contributed by atoms with Crippen LogP contribution in [0.4, 0.5) is 5.69 Å². The third-order valence-electron chi connectivity index (χ3n) is 3.17. The second-order valence-corrected chi connectivity index (χ2v) is 4.73. The fraction of sp³-hybridized carbons (Fsp3) is 0.533. The van der Waals surface area contributed by atoms with E-state index in [4.69, 9.17) is 19.7 Å². The van der Waals surface area contributed by atoms with Crippen LogP contribution in [-0.4, -0.2) is 33.8 Å². The van der Waals surface area contributed by atoms with E-state index in [9.17, 15) is 4.79 Å². The maximum atomic E-state index is 11.9. The maximum Gasteiger partial charge on any atom is 0.224 e. The van der Waals surface area contributed by atoms with Crippen molar-refractivity contribution < 1.29 is 19.0 Å². The monoisotopic (exact) mass is 322 g/mol. The molecule has 0 unspecified atom stereocenters. The molecule has 0 aliphatic carbocycles. The van der Waals surface area contributed by atoms with Crippen LogP contribution in [0.3, 0.4) is 0 Å². The van der Waals surface area contributed by atoms with Crippen LogP contribution in [0, 0.1) is 0 Å². The first kappa shape index (κ1) is 18.4. The summed E-state index contributed by atoms with van der Waals surface area (Å²) in [4.78, 5) is 14.6. The van der Waals surface area contributed by atoms with E-state index in [-0.39, 0.29) is 5.91 Å². The van der Waals surface area contributed by atoms with Gasteiger partial charge in [0.2, 0.25) is 11.7 Å². The van der Waals surface area contributed by atoms with E-state index >= 15 is 0 Å². The van der Waals surface area contributed by atoms with Gasteiger partial charge in [-0.3, -0.25) is 4.79 Å². The Morgan fingerprint density at radius 1 is 1.13 bits per heavy atom. The van der Waals surface area contributed by atoms with Crippen LogP contribution in [0.2, 0.25) is 0 Å². The number of ether oxygens (including phenoxy) is 3. The number of rotatable bonds is 10. The van der Waals surface area contributed by atoms with Crippen molar-refractivity contribution in [3.8, 4) is 17.2 Å². The molecular weight excluding hydrogens is 300 g/mol. The highest BCUT2D eigenvalue weighted by Gasteiger charge is 2.14. The van der Waals surface area contributed by atoms with Gasteiger partial charge in [-0.2, -0.15) is 0 Å². The normalized spacial score (nSPS) is 9.70. The Morgan fingerprint density at radius 3 is 2.30 bits per heavy atom. The Labute approximate surface area is 135 Å². The number of anilines is 1. The largest absolute Gasteiger partial charge is 0.493 e. The lowest BCUT2D eigenvalue weighted by atomic mass is 10.2. The molecule has 1 N–H and O–H groups in total. The van der Waals surface area contributed by atoms with Crippen molar-refractivity contribution in [1.82, 2.24) is 0 Å². The van der Waals surface area contributed by atoms with Gasteiger partial charge in [-0.25, -0.2) is 0 Å². The summed E-state index contributed by atoms with van der Waals surface area (Å²) in [6.07, 6.45) is 2.74. The Morgan fingerprint density at radius 2 is 1.78 bits per heavy atom. The number of amides is 1. The van der Waals surface area contributed by atoms with E-state index in [1.165, 1.54) is 21.3 Å². The Kier molecular flexibility index (Phi) is 8.17. The summed E-state index contributed by atoms with van der Waals surface area (Å²) in [6, 6.07) is 3.36. The number of azide groups is 1. The first-order valence-electron chi connectivity index (χ1n) is 7.27. The molecule has 0 aliphatic heterocycles. The van der Waals surface area contributed by atoms with Gasteiger partial charge in [0, 0.05) is 35.7 Å². The van der Waals surface area contributed by atoms with Crippen LogP contribution < -0.4 is 19.5 Å². The van der Waals surface area contributed by atoms with Crippen molar-refractivity contribution in [2.24, 2.45) is 5.11 Å². The minimum atomic E-state index is -0.0944. The molecule has 0 spiro atoms. The van der Waals surface area contributed by atoms with Gasteiger partial charge >= 0.3 is 0 Å². The molecule has 0 radical (unpaired) electrons. The van der Waals surface area contributed by atoms with Gasteiger partial charge in [0.1, 0.15) is 0 Å². The number of hydrogen-bond acceptors (Lipinski definition) is 5. The highest BCUT2D eigenvalue weighted by atomic mass is 16.5. The number of carbonyl (C=O) groups is 1. The summed E-state index contributed by atoms with van der Waals surface area (Å²) in [6.45, 7) is 0.463. The van der Waals surface area contributed by atoms with Crippen LogP contribution in [0.5, 0.6) is 17.2 Å². The van der Waals surface area contributed by atoms with Gasteiger partial charge in [-0.15, -0.1) is 0 Å². The molecule has 1 rings (SSSR count). The number of carbonyl (C=O) groups excluding carboxylic acids is 1. The lowest BCUT2D eigenvalue weighted by molar-refractivity contribution is -0.116. The molecule has 0 saturated carbocycles. The predicted octanol–water partition coefficient (Wildman–Crippen LogP) is 3.52. The molecule has 8 heteroatoms. The molecule has 1 aromatic rings. The maximum absolute atomic E-state index is 11.9. The van der Waals surface area contributed by atoms with Crippen LogP contribution >= 0.6 is 0 Å². The van der Waals surface area contributed by atoms with Crippen LogP contribution in [0.15, 0.2) is 17.2 Å². The highest BCUT2D eigenvalue weighted by molar-refractivity contribution is 5.91. The molecule has 0 saturated heterocycles. The molecule has 0 bridgehead atoms. The summed E-state index contributed by atoms with van der Waals surface area (Å²) in [5.41, 5.74) is 8.74. The summed E-state index contributed by atoms with van der Waals surface area (Å²) < 4.78 is 15.7. The van der Waals surface area contributed by atoms with Gasteiger partial charge in [-0.05, 0) is 18.4 Å². The zero-order valence-corrected chi connectivity index (χ0v) is 13.7. The first-order chi connectivity index (χ1) is 11.2. The topological polar surface area (TPSA) is 106 Å². The number of nitrogens with zero attached hydrogens (tertiary/aromatic N) is 3. The lowest BCUT2D eigenvalue weighted by Crippen LogP contribution is -2.11. The Bertz CT molecular complexity index is 546. The third kappa shape index (κ3) is 5.96. The summed E-state index contributed by atoms with van der Waals surface area (Å²) >= 11 is 0. The Hall–Kier alpha value is -2.60. The SMILES string of the molecule is COc1cc(NC(=O)CCCCCN=[N+]=[N-])cc(OC)c1OC. The van der Waals surface area contributed by atoms with Crippen molar-refractivity contribution in [3.05, 3.63) is 22.6 Å². The molecule has 8 nitrogen and oxygen atoms in total. The molecule has 0 aromatic heterocycles. The number of hydrogen-bond donors (Lipinski definition) is 1. The number of unbranched alkanes of at least 4 members (excludes halogenated alkanes) is 2. The lowest BCUT2D eigenvalue weighted by Gasteiger charge is -2.14. The van der Waals surface area contributed by atoms with Gasteiger partial charge in [0.15, 0.2) is 11.5 Å². The first-order valence-corrected chi connectivity index (χ1v) is 7.27. The quantitative estimate of drug-likeness (QED) is 0.308. The van der Waals surface area contributed by atoms with Gasteiger partial charge < -0.3 is 19.5 Å². The predicted molar refractivity (Wildman–Crippen MR) is 87.2 cm³/mol. The van der Waals surface area contributed by atoms with E-state index in [1.54, 1.807) is 12.1 Å². The van der Waals surface area contributed by atoms with Gasteiger partial charge in [0.25, 0.3) is 0 Å². The minimum Gasteiger partial charge on any atom is -0.493 e.